The second-order valence-corrected chi connectivity index (χ2v) is 7.43. The zero-order valence-corrected chi connectivity index (χ0v) is 12.5. The molecule has 0 saturated heterocycles. The summed E-state index contributed by atoms with van der Waals surface area (Å²) < 4.78 is 31.3. The van der Waals surface area contributed by atoms with Crippen molar-refractivity contribution in [3.8, 4) is 0 Å². The van der Waals surface area contributed by atoms with Crippen LogP contribution in [0, 0.1) is 5.92 Å². The second-order valence-electron chi connectivity index (χ2n) is 5.50. The van der Waals surface area contributed by atoms with Crippen molar-refractivity contribution in [1.82, 2.24) is 9.62 Å². The van der Waals surface area contributed by atoms with Gasteiger partial charge < -0.3 is 9.73 Å². The molecule has 0 aliphatic heterocycles. The first-order chi connectivity index (χ1) is 8.91. The summed E-state index contributed by atoms with van der Waals surface area (Å²) in [7, 11) is -1.84. The van der Waals surface area contributed by atoms with Gasteiger partial charge in [0, 0.05) is 13.1 Å². The number of sulfonamides is 1. The van der Waals surface area contributed by atoms with Gasteiger partial charge in [-0.3, -0.25) is 0 Å². The molecule has 1 aromatic heterocycles. The summed E-state index contributed by atoms with van der Waals surface area (Å²) in [5.41, 5.74) is 0. The number of hydrogen-bond donors (Lipinski definition) is 1. The zero-order valence-electron chi connectivity index (χ0n) is 11.7. The van der Waals surface area contributed by atoms with E-state index in [9.17, 15) is 8.42 Å². The molecular weight excluding hydrogens is 264 g/mol. The highest BCUT2D eigenvalue weighted by Gasteiger charge is 2.36. The van der Waals surface area contributed by atoms with Gasteiger partial charge in [-0.1, -0.05) is 13.8 Å². The Labute approximate surface area is 115 Å². The average molecular weight is 286 g/mol. The topological polar surface area (TPSA) is 62.6 Å². The number of furan rings is 1. The summed E-state index contributed by atoms with van der Waals surface area (Å²) in [4.78, 5) is 0. The van der Waals surface area contributed by atoms with Crippen molar-refractivity contribution < 1.29 is 12.8 Å². The van der Waals surface area contributed by atoms with Gasteiger partial charge in [-0.05, 0) is 37.4 Å². The average Bonchev–Trinajstić information content (AvgIpc) is 3.07. The molecule has 1 aliphatic carbocycles. The van der Waals surface area contributed by atoms with Crippen LogP contribution < -0.4 is 5.32 Å². The van der Waals surface area contributed by atoms with Crippen molar-refractivity contribution >= 4 is 10.0 Å². The Morgan fingerprint density at radius 2 is 2.11 bits per heavy atom. The fraction of sp³-hybridized carbons (Fsp3) is 0.692. The predicted molar refractivity (Wildman–Crippen MR) is 73.2 cm³/mol. The first-order valence-electron chi connectivity index (χ1n) is 6.68. The van der Waals surface area contributed by atoms with Gasteiger partial charge in [0.15, 0.2) is 0 Å². The molecule has 19 heavy (non-hydrogen) atoms. The molecule has 2 rings (SSSR count). The minimum atomic E-state index is -3.46. The van der Waals surface area contributed by atoms with Crippen LogP contribution in [0.4, 0.5) is 0 Å². The van der Waals surface area contributed by atoms with Gasteiger partial charge in [-0.2, -0.15) is 4.31 Å². The molecule has 0 atom stereocenters. The van der Waals surface area contributed by atoms with E-state index in [1.54, 1.807) is 19.2 Å². The molecular formula is C13H22N2O3S. The van der Waals surface area contributed by atoms with Crippen LogP contribution >= 0.6 is 0 Å². The lowest BCUT2D eigenvalue weighted by Gasteiger charge is -2.13. The number of rotatable bonds is 7. The third-order valence-corrected chi connectivity index (χ3v) is 4.97. The van der Waals surface area contributed by atoms with Gasteiger partial charge in [0.2, 0.25) is 5.09 Å². The van der Waals surface area contributed by atoms with E-state index in [1.807, 2.05) is 0 Å². The molecule has 1 aromatic rings. The Bertz CT molecular complexity index is 518. The number of hydrogen-bond acceptors (Lipinski definition) is 4. The minimum Gasteiger partial charge on any atom is -0.447 e. The summed E-state index contributed by atoms with van der Waals surface area (Å²) in [5.74, 6) is 1.21. The number of nitrogens with zero attached hydrogens (tertiary/aromatic N) is 1. The molecule has 6 heteroatoms. The van der Waals surface area contributed by atoms with Crippen molar-refractivity contribution in [1.29, 1.82) is 0 Å². The fourth-order valence-corrected chi connectivity index (χ4v) is 3.19. The van der Waals surface area contributed by atoms with Crippen LogP contribution in [0.2, 0.25) is 0 Å². The Kier molecular flexibility index (Phi) is 4.32. The van der Waals surface area contributed by atoms with Gasteiger partial charge >= 0.3 is 0 Å². The van der Waals surface area contributed by atoms with E-state index in [0.717, 1.165) is 19.4 Å². The maximum Gasteiger partial charge on any atom is 0.276 e. The van der Waals surface area contributed by atoms with E-state index in [1.165, 1.54) is 4.31 Å². The molecule has 108 valence electrons. The Hall–Kier alpha value is -0.850. The van der Waals surface area contributed by atoms with Crippen LogP contribution in [0.5, 0.6) is 0 Å². The summed E-state index contributed by atoms with van der Waals surface area (Å²) in [6.07, 6.45) is 1.89. The van der Waals surface area contributed by atoms with E-state index in [-0.39, 0.29) is 11.1 Å². The molecule has 0 bridgehead atoms. The normalized spacial score (nSPS) is 16.5. The Balaban J connectivity index is 1.99. The van der Waals surface area contributed by atoms with Gasteiger partial charge in [-0.15, -0.1) is 0 Å². The third kappa shape index (κ3) is 3.58. The van der Waals surface area contributed by atoms with E-state index in [2.05, 4.69) is 19.2 Å². The van der Waals surface area contributed by atoms with Gasteiger partial charge in [0.1, 0.15) is 5.76 Å². The van der Waals surface area contributed by atoms with Gasteiger partial charge in [-0.25, -0.2) is 8.42 Å². The van der Waals surface area contributed by atoms with Crippen molar-refractivity contribution in [3.63, 3.8) is 0 Å². The molecule has 1 aliphatic rings. The molecule has 0 aromatic carbocycles. The lowest BCUT2D eigenvalue weighted by atomic mass is 10.2. The Morgan fingerprint density at radius 3 is 2.68 bits per heavy atom. The van der Waals surface area contributed by atoms with E-state index in [0.29, 0.717) is 18.2 Å². The summed E-state index contributed by atoms with van der Waals surface area (Å²) >= 11 is 0. The Morgan fingerprint density at radius 1 is 1.42 bits per heavy atom. The molecule has 1 saturated carbocycles. The first kappa shape index (κ1) is 14.6. The summed E-state index contributed by atoms with van der Waals surface area (Å²) in [6.45, 7) is 5.68. The van der Waals surface area contributed by atoms with Gasteiger partial charge in [0.05, 0.1) is 6.54 Å². The molecule has 0 radical (unpaired) electrons. The molecule has 1 fully saturated rings. The zero-order chi connectivity index (χ0) is 14.0. The lowest BCUT2D eigenvalue weighted by molar-refractivity contribution is 0.375. The van der Waals surface area contributed by atoms with Crippen LogP contribution in [0.25, 0.3) is 0 Å². The summed E-state index contributed by atoms with van der Waals surface area (Å²) in [5, 5.41) is 3.27. The van der Waals surface area contributed by atoms with Gasteiger partial charge in [0.25, 0.3) is 10.0 Å². The fourth-order valence-electron chi connectivity index (χ4n) is 1.85. The molecule has 1 heterocycles. The highest BCUT2D eigenvalue weighted by Crippen LogP contribution is 2.30. The van der Waals surface area contributed by atoms with E-state index < -0.39 is 10.0 Å². The van der Waals surface area contributed by atoms with Crippen LogP contribution in [-0.4, -0.2) is 32.4 Å². The van der Waals surface area contributed by atoms with Crippen LogP contribution in [0.3, 0.4) is 0 Å². The van der Waals surface area contributed by atoms with E-state index >= 15 is 0 Å². The van der Waals surface area contributed by atoms with Crippen LogP contribution in [0.1, 0.15) is 32.4 Å². The molecule has 1 N–H and O–H groups in total. The molecule has 5 nitrogen and oxygen atoms in total. The predicted octanol–water partition coefficient (Wildman–Crippen LogP) is 1.81. The monoisotopic (exact) mass is 286 g/mol. The first-order valence-corrected chi connectivity index (χ1v) is 8.12. The van der Waals surface area contributed by atoms with E-state index in [4.69, 9.17) is 4.42 Å². The second kappa shape index (κ2) is 5.64. The standard InChI is InChI=1S/C13H22N2O3S/c1-10(2)8-14-9-12-6-7-13(18-12)19(16,17)15(3)11-4-5-11/h6-7,10-11,14H,4-5,8-9H2,1-3H3. The largest absolute Gasteiger partial charge is 0.447 e. The highest BCUT2D eigenvalue weighted by molar-refractivity contribution is 7.89. The van der Waals surface area contributed by atoms with Crippen molar-refractivity contribution in [3.05, 3.63) is 17.9 Å². The SMILES string of the molecule is CC(C)CNCc1ccc(S(=O)(=O)N(C)C2CC2)o1. The van der Waals surface area contributed by atoms with Crippen molar-refractivity contribution in [2.45, 2.75) is 44.4 Å². The van der Waals surface area contributed by atoms with Crippen molar-refractivity contribution in [2.75, 3.05) is 13.6 Å². The minimum absolute atomic E-state index is 0.0447. The number of nitrogens with one attached hydrogen (secondary N) is 1. The quantitative estimate of drug-likeness (QED) is 0.830. The smallest absolute Gasteiger partial charge is 0.276 e. The molecule has 0 amide bonds. The maximum atomic E-state index is 12.2. The highest BCUT2D eigenvalue weighted by atomic mass is 32.2. The molecule has 0 unspecified atom stereocenters. The maximum absolute atomic E-state index is 12.2. The third-order valence-electron chi connectivity index (χ3n) is 3.18. The lowest BCUT2D eigenvalue weighted by Crippen LogP contribution is -2.28. The van der Waals surface area contributed by atoms with Crippen LogP contribution in [0.15, 0.2) is 21.6 Å². The molecule has 0 spiro atoms. The van der Waals surface area contributed by atoms with Crippen molar-refractivity contribution in [2.24, 2.45) is 5.92 Å². The van der Waals surface area contributed by atoms with Crippen LogP contribution in [-0.2, 0) is 16.6 Å². The summed E-state index contributed by atoms with van der Waals surface area (Å²) in [6, 6.07) is 3.42.